The van der Waals surface area contributed by atoms with Crippen LogP contribution in [0.4, 0.5) is 4.79 Å². The monoisotopic (exact) mass is 342 g/mol. The SMILES string of the molecule is Cn1nc2c(c1C(=O)NCCCl)CN(C(=O)OC(C)(C)C)CC2. The predicted octanol–water partition coefficient (Wildman–Crippen LogP) is 1.68. The molecule has 0 saturated carbocycles. The third-order valence-corrected chi connectivity index (χ3v) is 3.63. The van der Waals surface area contributed by atoms with Gasteiger partial charge in [-0.2, -0.15) is 5.10 Å². The molecule has 2 heterocycles. The number of halogens is 1. The van der Waals surface area contributed by atoms with E-state index in [-0.39, 0.29) is 12.0 Å². The first-order valence-corrected chi connectivity index (χ1v) is 8.13. The van der Waals surface area contributed by atoms with Crippen molar-refractivity contribution in [1.82, 2.24) is 20.0 Å². The van der Waals surface area contributed by atoms with E-state index in [4.69, 9.17) is 16.3 Å². The molecular formula is C15H23ClN4O3. The molecule has 8 heteroatoms. The van der Waals surface area contributed by atoms with Gasteiger partial charge in [-0.05, 0) is 20.8 Å². The third-order valence-electron chi connectivity index (χ3n) is 3.44. The standard InChI is InChI=1S/C15H23ClN4O3/c1-15(2,3)23-14(22)20-8-5-11-10(9-20)12(19(4)18-11)13(21)17-7-6-16/h5-9H2,1-4H3,(H,17,21). The van der Waals surface area contributed by atoms with E-state index in [9.17, 15) is 9.59 Å². The summed E-state index contributed by atoms with van der Waals surface area (Å²) in [5.41, 5.74) is 1.55. The molecule has 0 spiro atoms. The zero-order valence-corrected chi connectivity index (χ0v) is 14.7. The van der Waals surface area contributed by atoms with Crippen LogP contribution in [0, 0.1) is 0 Å². The van der Waals surface area contributed by atoms with E-state index in [1.54, 1.807) is 16.6 Å². The topological polar surface area (TPSA) is 76.5 Å². The maximum absolute atomic E-state index is 12.3. The third kappa shape index (κ3) is 4.16. The lowest BCUT2D eigenvalue weighted by molar-refractivity contribution is 0.0222. The van der Waals surface area contributed by atoms with Gasteiger partial charge in [-0.25, -0.2) is 4.79 Å². The largest absolute Gasteiger partial charge is 0.444 e. The maximum Gasteiger partial charge on any atom is 0.410 e. The summed E-state index contributed by atoms with van der Waals surface area (Å²) in [5, 5.41) is 7.13. The molecule has 1 aromatic heterocycles. The highest BCUT2D eigenvalue weighted by Gasteiger charge is 2.31. The minimum Gasteiger partial charge on any atom is -0.444 e. The fourth-order valence-corrected chi connectivity index (χ4v) is 2.61. The van der Waals surface area contributed by atoms with E-state index >= 15 is 0 Å². The molecule has 0 atom stereocenters. The molecule has 1 N–H and O–H groups in total. The number of carbonyl (C=O) groups is 2. The van der Waals surface area contributed by atoms with Crippen molar-refractivity contribution < 1.29 is 14.3 Å². The molecule has 0 bridgehead atoms. The Labute approximate surface area is 140 Å². The van der Waals surface area contributed by atoms with Crippen molar-refractivity contribution in [2.24, 2.45) is 7.05 Å². The summed E-state index contributed by atoms with van der Waals surface area (Å²) in [6.45, 7) is 6.72. The molecule has 7 nitrogen and oxygen atoms in total. The van der Waals surface area contributed by atoms with Crippen molar-refractivity contribution in [2.75, 3.05) is 19.0 Å². The second-order valence-corrected chi connectivity index (χ2v) is 6.87. The van der Waals surface area contributed by atoms with Crippen LogP contribution in [-0.4, -0.2) is 51.3 Å². The molecule has 1 aliphatic rings. The van der Waals surface area contributed by atoms with Crippen molar-refractivity contribution in [3.63, 3.8) is 0 Å². The summed E-state index contributed by atoms with van der Waals surface area (Å²) in [6.07, 6.45) is 0.227. The van der Waals surface area contributed by atoms with E-state index in [1.807, 2.05) is 20.8 Å². The van der Waals surface area contributed by atoms with Crippen molar-refractivity contribution in [1.29, 1.82) is 0 Å². The van der Waals surface area contributed by atoms with Crippen molar-refractivity contribution in [3.05, 3.63) is 17.0 Å². The quantitative estimate of drug-likeness (QED) is 0.848. The summed E-state index contributed by atoms with van der Waals surface area (Å²) in [6, 6.07) is 0. The zero-order chi connectivity index (χ0) is 17.2. The molecule has 1 aliphatic heterocycles. The Balaban J connectivity index is 2.19. The van der Waals surface area contributed by atoms with Crippen molar-refractivity contribution >= 4 is 23.6 Å². The van der Waals surface area contributed by atoms with Crippen LogP contribution in [0.15, 0.2) is 0 Å². The number of rotatable bonds is 3. The number of fused-ring (bicyclic) bond motifs is 1. The molecule has 0 aliphatic carbocycles. The van der Waals surface area contributed by atoms with E-state index in [0.717, 1.165) is 11.3 Å². The number of amides is 2. The summed E-state index contributed by atoms with van der Waals surface area (Å²) >= 11 is 5.61. The van der Waals surface area contributed by atoms with Crippen LogP contribution in [0.3, 0.4) is 0 Å². The van der Waals surface area contributed by atoms with Crippen LogP contribution in [0.5, 0.6) is 0 Å². The molecule has 23 heavy (non-hydrogen) atoms. The highest BCUT2D eigenvalue weighted by molar-refractivity contribution is 6.18. The number of hydrogen-bond acceptors (Lipinski definition) is 4. The lowest BCUT2D eigenvalue weighted by Gasteiger charge is -2.29. The molecule has 0 radical (unpaired) electrons. The highest BCUT2D eigenvalue weighted by Crippen LogP contribution is 2.23. The van der Waals surface area contributed by atoms with Crippen molar-refractivity contribution in [3.8, 4) is 0 Å². The lowest BCUT2D eigenvalue weighted by Crippen LogP contribution is -2.40. The Morgan fingerprint density at radius 1 is 1.39 bits per heavy atom. The van der Waals surface area contributed by atoms with Gasteiger partial charge in [0, 0.05) is 38.0 Å². The summed E-state index contributed by atoms with van der Waals surface area (Å²) in [7, 11) is 1.73. The van der Waals surface area contributed by atoms with E-state index in [2.05, 4.69) is 10.4 Å². The number of aromatic nitrogens is 2. The van der Waals surface area contributed by atoms with Crippen molar-refractivity contribution in [2.45, 2.75) is 39.3 Å². The Kier molecular flexibility index (Phi) is 5.19. The molecule has 128 valence electrons. The first kappa shape index (κ1) is 17.6. The minimum absolute atomic E-state index is 0.229. The second-order valence-electron chi connectivity index (χ2n) is 6.49. The normalized spacial score (nSPS) is 14.4. The number of ether oxygens (including phenoxy) is 1. The van der Waals surface area contributed by atoms with Crippen LogP contribution < -0.4 is 5.32 Å². The summed E-state index contributed by atoms with van der Waals surface area (Å²) in [4.78, 5) is 26.1. The summed E-state index contributed by atoms with van der Waals surface area (Å²) < 4.78 is 6.97. The molecule has 1 aromatic rings. The lowest BCUT2D eigenvalue weighted by atomic mass is 10.1. The van der Waals surface area contributed by atoms with E-state index in [0.29, 0.717) is 37.6 Å². The van der Waals surface area contributed by atoms with Crippen LogP contribution in [0.1, 0.15) is 42.5 Å². The smallest absolute Gasteiger partial charge is 0.410 e. The Morgan fingerprint density at radius 2 is 2.09 bits per heavy atom. The average Bonchev–Trinajstić information content (AvgIpc) is 2.77. The first-order chi connectivity index (χ1) is 10.7. The number of aryl methyl sites for hydroxylation is 1. The maximum atomic E-state index is 12.3. The molecule has 2 amide bonds. The molecule has 0 aromatic carbocycles. The number of hydrogen-bond donors (Lipinski definition) is 1. The number of nitrogens with zero attached hydrogens (tertiary/aromatic N) is 3. The second kappa shape index (κ2) is 6.78. The molecule has 0 fully saturated rings. The fourth-order valence-electron chi connectivity index (χ4n) is 2.51. The molecular weight excluding hydrogens is 320 g/mol. The Hall–Kier alpha value is -1.76. The number of alkyl halides is 1. The predicted molar refractivity (Wildman–Crippen MR) is 86.6 cm³/mol. The Bertz CT molecular complexity index is 607. The van der Waals surface area contributed by atoms with Gasteiger partial charge < -0.3 is 15.0 Å². The van der Waals surface area contributed by atoms with Crippen LogP contribution >= 0.6 is 11.6 Å². The van der Waals surface area contributed by atoms with Gasteiger partial charge in [-0.1, -0.05) is 0 Å². The van der Waals surface area contributed by atoms with E-state index < -0.39 is 5.60 Å². The minimum atomic E-state index is -0.549. The molecule has 0 saturated heterocycles. The molecule has 0 unspecified atom stereocenters. The van der Waals surface area contributed by atoms with Crippen LogP contribution in [-0.2, 0) is 24.8 Å². The number of nitrogens with one attached hydrogen (secondary N) is 1. The number of carbonyl (C=O) groups excluding carboxylic acids is 2. The van der Waals surface area contributed by atoms with Crippen LogP contribution in [0.25, 0.3) is 0 Å². The van der Waals surface area contributed by atoms with Gasteiger partial charge in [0.15, 0.2) is 0 Å². The van der Waals surface area contributed by atoms with Gasteiger partial charge >= 0.3 is 6.09 Å². The van der Waals surface area contributed by atoms with Gasteiger partial charge in [0.2, 0.25) is 0 Å². The summed E-state index contributed by atoms with van der Waals surface area (Å²) in [5.74, 6) is 0.114. The highest BCUT2D eigenvalue weighted by atomic mass is 35.5. The fraction of sp³-hybridized carbons (Fsp3) is 0.667. The van der Waals surface area contributed by atoms with E-state index in [1.165, 1.54) is 0 Å². The zero-order valence-electron chi connectivity index (χ0n) is 14.0. The van der Waals surface area contributed by atoms with Gasteiger partial charge in [0.1, 0.15) is 11.3 Å². The Morgan fingerprint density at radius 3 is 2.70 bits per heavy atom. The van der Waals surface area contributed by atoms with Gasteiger partial charge in [0.05, 0.1) is 12.2 Å². The van der Waals surface area contributed by atoms with Gasteiger partial charge in [0.25, 0.3) is 5.91 Å². The molecule has 2 rings (SSSR count). The average molecular weight is 343 g/mol. The van der Waals surface area contributed by atoms with Crippen LogP contribution in [0.2, 0.25) is 0 Å². The van der Waals surface area contributed by atoms with Gasteiger partial charge in [-0.3, -0.25) is 9.48 Å². The first-order valence-electron chi connectivity index (χ1n) is 7.59. The van der Waals surface area contributed by atoms with Gasteiger partial charge in [-0.15, -0.1) is 11.6 Å².